The molecule has 0 aliphatic rings. The summed E-state index contributed by atoms with van der Waals surface area (Å²) in [7, 11) is 0. The first-order chi connectivity index (χ1) is 12.6. The van der Waals surface area contributed by atoms with Gasteiger partial charge in [-0.1, -0.05) is 54.6 Å². The maximum Gasteiger partial charge on any atom is 0.321 e. The molecule has 0 saturated carbocycles. The van der Waals surface area contributed by atoms with Gasteiger partial charge in [-0.15, -0.1) is 0 Å². The summed E-state index contributed by atoms with van der Waals surface area (Å²) in [6.45, 7) is 0.0110. The van der Waals surface area contributed by atoms with Crippen molar-refractivity contribution in [1.82, 2.24) is 9.13 Å². The summed E-state index contributed by atoms with van der Waals surface area (Å²) in [5.74, 6) is -0.405. The number of fused-ring (bicyclic) bond motifs is 1. The predicted molar refractivity (Wildman–Crippen MR) is 99.3 cm³/mol. The quantitative estimate of drug-likeness (QED) is 0.534. The monoisotopic (exact) mass is 346 g/mol. The van der Waals surface area contributed by atoms with Gasteiger partial charge < -0.3 is 4.57 Å². The van der Waals surface area contributed by atoms with E-state index in [-0.39, 0.29) is 6.54 Å². The summed E-state index contributed by atoms with van der Waals surface area (Å²) >= 11 is 0. The van der Waals surface area contributed by atoms with Crippen LogP contribution < -0.4 is 11.1 Å². The van der Waals surface area contributed by atoms with Gasteiger partial charge in [-0.25, -0.2) is 4.39 Å². The van der Waals surface area contributed by atoms with E-state index in [1.165, 1.54) is 21.4 Å². The molecule has 4 aromatic rings. The summed E-state index contributed by atoms with van der Waals surface area (Å²) in [5, 5.41) is 1.86. The summed E-state index contributed by atoms with van der Waals surface area (Å²) in [6, 6.07) is 19.4. The molecule has 4 nitrogen and oxygen atoms in total. The van der Waals surface area contributed by atoms with Gasteiger partial charge in [0, 0.05) is 23.3 Å². The zero-order chi connectivity index (χ0) is 18.1. The highest BCUT2D eigenvalue weighted by Crippen LogP contribution is 2.20. The molecule has 0 N–H and O–H groups in total. The number of nitrogens with zero attached hydrogens (tertiary/aromatic N) is 2. The van der Waals surface area contributed by atoms with Gasteiger partial charge in [0.15, 0.2) is 0 Å². The molecule has 0 atom stereocenters. The van der Waals surface area contributed by atoms with Gasteiger partial charge in [0.05, 0.1) is 12.2 Å². The third-order valence-corrected chi connectivity index (χ3v) is 4.38. The molecule has 26 heavy (non-hydrogen) atoms. The largest absolute Gasteiger partial charge is 0.321 e. The second kappa shape index (κ2) is 6.44. The molecule has 0 fully saturated rings. The Kier molecular flexibility index (Phi) is 3.97. The van der Waals surface area contributed by atoms with Crippen LogP contribution in [0.2, 0.25) is 0 Å². The van der Waals surface area contributed by atoms with Crippen molar-refractivity contribution in [3.8, 4) is 5.69 Å². The van der Waals surface area contributed by atoms with E-state index in [1.807, 2.05) is 36.4 Å². The van der Waals surface area contributed by atoms with Crippen LogP contribution in [0.15, 0.2) is 88.7 Å². The Labute approximate surface area is 148 Å². The fourth-order valence-electron chi connectivity index (χ4n) is 3.05. The molecule has 0 amide bonds. The second-order valence-electron chi connectivity index (χ2n) is 6.00. The van der Waals surface area contributed by atoms with E-state index < -0.39 is 16.9 Å². The average molecular weight is 346 g/mol. The number of benzene rings is 3. The maximum atomic E-state index is 13.8. The summed E-state index contributed by atoms with van der Waals surface area (Å²) in [4.78, 5) is 25.2. The second-order valence-corrected chi connectivity index (χ2v) is 6.00. The fraction of sp³-hybridized carbons (Fsp3) is 0.0476. The van der Waals surface area contributed by atoms with Crippen molar-refractivity contribution in [3.63, 3.8) is 0 Å². The average Bonchev–Trinajstić information content (AvgIpc) is 2.67. The highest BCUT2D eigenvalue weighted by molar-refractivity contribution is 5.90. The van der Waals surface area contributed by atoms with Gasteiger partial charge in [0.1, 0.15) is 5.82 Å². The van der Waals surface area contributed by atoms with Crippen LogP contribution in [-0.4, -0.2) is 9.13 Å². The maximum absolute atomic E-state index is 13.8. The van der Waals surface area contributed by atoms with E-state index >= 15 is 0 Å². The lowest BCUT2D eigenvalue weighted by atomic mass is 10.1. The van der Waals surface area contributed by atoms with Crippen molar-refractivity contribution in [3.05, 3.63) is 111 Å². The molecule has 0 spiro atoms. The molecular formula is C21H15FN2O2. The molecule has 0 unspecified atom stereocenters. The van der Waals surface area contributed by atoms with E-state index in [0.717, 1.165) is 10.8 Å². The van der Waals surface area contributed by atoms with Crippen LogP contribution in [0.5, 0.6) is 0 Å². The molecule has 0 bridgehead atoms. The zero-order valence-corrected chi connectivity index (χ0v) is 13.8. The Morgan fingerprint density at radius 1 is 0.769 bits per heavy atom. The smallest absolute Gasteiger partial charge is 0.305 e. The highest BCUT2D eigenvalue weighted by Gasteiger charge is 2.10. The van der Waals surface area contributed by atoms with Gasteiger partial charge in [-0.2, -0.15) is 0 Å². The zero-order valence-electron chi connectivity index (χ0n) is 13.8. The van der Waals surface area contributed by atoms with Crippen LogP contribution in [0.25, 0.3) is 16.5 Å². The van der Waals surface area contributed by atoms with Gasteiger partial charge in [0.2, 0.25) is 0 Å². The number of halogens is 1. The lowest BCUT2D eigenvalue weighted by Gasteiger charge is -2.11. The predicted octanol–water partition coefficient (Wildman–Crippen LogP) is 3.34. The van der Waals surface area contributed by atoms with Crippen LogP contribution >= 0.6 is 0 Å². The van der Waals surface area contributed by atoms with E-state index in [4.69, 9.17) is 0 Å². The third kappa shape index (κ3) is 2.73. The Balaban J connectivity index is 1.83. The Morgan fingerprint density at radius 2 is 1.50 bits per heavy atom. The van der Waals surface area contributed by atoms with Crippen LogP contribution in [0.3, 0.4) is 0 Å². The van der Waals surface area contributed by atoms with Crippen molar-refractivity contribution >= 4 is 10.8 Å². The normalized spacial score (nSPS) is 11.0. The van der Waals surface area contributed by atoms with Crippen LogP contribution in [0, 0.1) is 5.82 Å². The first kappa shape index (κ1) is 16.0. The number of hydrogen-bond acceptors (Lipinski definition) is 2. The molecule has 0 aliphatic heterocycles. The molecule has 3 aromatic carbocycles. The Hall–Kier alpha value is -3.47. The highest BCUT2D eigenvalue weighted by atomic mass is 19.1. The molecule has 1 heterocycles. The summed E-state index contributed by atoms with van der Waals surface area (Å²) in [6.07, 6.45) is 3.06. The van der Waals surface area contributed by atoms with Gasteiger partial charge in [-0.3, -0.25) is 14.2 Å². The minimum Gasteiger partial charge on any atom is -0.305 e. The molecule has 0 aliphatic carbocycles. The van der Waals surface area contributed by atoms with Crippen molar-refractivity contribution in [2.45, 2.75) is 6.54 Å². The van der Waals surface area contributed by atoms with E-state index in [1.54, 1.807) is 30.5 Å². The lowest BCUT2D eigenvalue weighted by Crippen LogP contribution is -2.40. The summed E-state index contributed by atoms with van der Waals surface area (Å²) < 4.78 is 16.4. The van der Waals surface area contributed by atoms with Crippen molar-refractivity contribution in [2.24, 2.45) is 0 Å². The molecule has 1 aromatic heterocycles. The first-order valence-corrected chi connectivity index (χ1v) is 8.19. The Morgan fingerprint density at radius 3 is 2.35 bits per heavy atom. The molecule has 128 valence electrons. The molecule has 4 rings (SSSR count). The number of aromatic nitrogens is 2. The van der Waals surface area contributed by atoms with Crippen molar-refractivity contribution in [2.75, 3.05) is 0 Å². The van der Waals surface area contributed by atoms with E-state index in [2.05, 4.69) is 0 Å². The van der Waals surface area contributed by atoms with Gasteiger partial charge in [0.25, 0.3) is 0 Å². The minimum absolute atomic E-state index is 0.0110. The lowest BCUT2D eigenvalue weighted by molar-refractivity contribution is 0.593. The molecular weight excluding hydrogens is 331 g/mol. The molecule has 0 saturated heterocycles. The third-order valence-electron chi connectivity index (χ3n) is 4.38. The molecule has 5 heteroatoms. The number of rotatable bonds is 3. The van der Waals surface area contributed by atoms with Gasteiger partial charge in [-0.05, 0) is 17.5 Å². The van der Waals surface area contributed by atoms with E-state index in [9.17, 15) is 14.0 Å². The van der Waals surface area contributed by atoms with Gasteiger partial charge >= 0.3 is 11.1 Å². The minimum atomic E-state index is -0.691. The SMILES string of the molecule is O=c1c(=O)n(-c2cccc3ccccc23)ccn1Cc1ccccc1F. The van der Waals surface area contributed by atoms with Crippen molar-refractivity contribution < 1.29 is 4.39 Å². The van der Waals surface area contributed by atoms with Crippen LogP contribution in [0.1, 0.15) is 5.56 Å². The van der Waals surface area contributed by atoms with E-state index in [0.29, 0.717) is 11.3 Å². The standard InChI is InChI=1S/C21H15FN2O2/c22-18-10-4-2-7-16(18)14-23-12-13-24(21(26)20(23)25)19-11-5-8-15-6-1-3-9-17(15)19/h1-13H,14H2. The summed E-state index contributed by atoms with van der Waals surface area (Å²) in [5.41, 5.74) is -0.357. The van der Waals surface area contributed by atoms with Crippen LogP contribution in [0.4, 0.5) is 4.39 Å². The van der Waals surface area contributed by atoms with Crippen molar-refractivity contribution in [1.29, 1.82) is 0 Å². The van der Waals surface area contributed by atoms with Crippen LogP contribution in [-0.2, 0) is 6.54 Å². The first-order valence-electron chi connectivity index (χ1n) is 8.19. The fourth-order valence-corrected chi connectivity index (χ4v) is 3.05. The topological polar surface area (TPSA) is 44.0 Å². The molecule has 0 radical (unpaired) electrons. The Bertz CT molecular complexity index is 1220. The number of hydrogen-bond donors (Lipinski definition) is 0.